The molecule has 6 heteroatoms. The maximum Gasteiger partial charge on any atom is 0.225 e. The number of carbonyl (C=O) groups excluding carboxylic acids is 2. The van der Waals surface area contributed by atoms with Gasteiger partial charge in [-0.15, -0.1) is 0 Å². The number of benzene rings is 1. The first-order valence-corrected chi connectivity index (χ1v) is 9.15. The summed E-state index contributed by atoms with van der Waals surface area (Å²) in [5.74, 6) is 0.748. The minimum Gasteiger partial charge on any atom is -0.379 e. The van der Waals surface area contributed by atoms with Gasteiger partial charge in [0.2, 0.25) is 11.8 Å². The topological polar surface area (TPSA) is 61.9 Å². The number of hydrogen-bond acceptors (Lipinski definition) is 4. The smallest absolute Gasteiger partial charge is 0.225 e. The molecule has 1 N–H and O–H groups in total. The van der Waals surface area contributed by atoms with Gasteiger partial charge in [-0.25, -0.2) is 0 Å². The van der Waals surface area contributed by atoms with E-state index in [0.717, 1.165) is 57.2 Å². The Morgan fingerprint density at radius 2 is 1.96 bits per heavy atom. The van der Waals surface area contributed by atoms with Gasteiger partial charge >= 0.3 is 0 Å². The van der Waals surface area contributed by atoms with Crippen molar-refractivity contribution < 1.29 is 14.3 Å². The first-order chi connectivity index (χ1) is 12.2. The normalized spacial score (nSPS) is 24.4. The zero-order chi connectivity index (χ0) is 17.2. The number of hydrogen-bond donors (Lipinski definition) is 1. The number of morpholine rings is 1. The number of para-hydroxylation sites is 1. The van der Waals surface area contributed by atoms with Gasteiger partial charge in [0.05, 0.1) is 13.2 Å². The van der Waals surface area contributed by atoms with Crippen molar-refractivity contribution >= 4 is 17.5 Å². The maximum absolute atomic E-state index is 12.6. The first kappa shape index (κ1) is 16.5. The Kier molecular flexibility index (Phi) is 4.72. The molecular formula is C19H25N3O3. The standard InChI is InChI=1S/C19H25N3O3/c23-18-9-15(16-3-1-2-4-17(16)20-18)10-19(24)22-12-14(13-22)11-21-5-7-25-8-6-21/h1-4,14-15H,5-13H2,(H,20,23). The molecule has 2 fully saturated rings. The highest BCUT2D eigenvalue weighted by molar-refractivity contribution is 5.95. The Morgan fingerprint density at radius 3 is 2.76 bits per heavy atom. The number of anilines is 1. The van der Waals surface area contributed by atoms with Crippen LogP contribution < -0.4 is 5.32 Å². The van der Waals surface area contributed by atoms with E-state index in [1.54, 1.807) is 0 Å². The van der Waals surface area contributed by atoms with Crippen molar-refractivity contribution in [2.45, 2.75) is 18.8 Å². The summed E-state index contributed by atoms with van der Waals surface area (Å²) in [6, 6.07) is 7.81. The summed E-state index contributed by atoms with van der Waals surface area (Å²) in [4.78, 5) is 28.9. The van der Waals surface area contributed by atoms with Gasteiger partial charge < -0.3 is 15.0 Å². The van der Waals surface area contributed by atoms with Crippen LogP contribution in [0, 0.1) is 5.92 Å². The van der Waals surface area contributed by atoms with Crippen molar-refractivity contribution in [1.29, 1.82) is 0 Å². The number of fused-ring (bicyclic) bond motifs is 1. The molecule has 2 saturated heterocycles. The van der Waals surface area contributed by atoms with E-state index in [-0.39, 0.29) is 17.7 Å². The molecule has 0 radical (unpaired) electrons. The number of nitrogens with one attached hydrogen (secondary N) is 1. The van der Waals surface area contributed by atoms with Crippen molar-refractivity contribution in [3.8, 4) is 0 Å². The van der Waals surface area contributed by atoms with Gasteiger partial charge in [0.15, 0.2) is 0 Å². The summed E-state index contributed by atoms with van der Waals surface area (Å²) in [6.07, 6.45) is 0.822. The predicted octanol–water partition coefficient (Wildman–Crippen LogP) is 1.29. The zero-order valence-corrected chi connectivity index (χ0v) is 14.4. The van der Waals surface area contributed by atoms with E-state index in [9.17, 15) is 9.59 Å². The van der Waals surface area contributed by atoms with Crippen molar-refractivity contribution in [2.75, 3.05) is 51.3 Å². The van der Waals surface area contributed by atoms with E-state index in [1.165, 1.54) is 0 Å². The van der Waals surface area contributed by atoms with Crippen LogP contribution in [0.5, 0.6) is 0 Å². The van der Waals surface area contributed by atoms with E-state index in [4.69, 9.17) is 4.74 Å². The summed E-state index contributed by atoms with van der Waals surface area (Å²) in [5.41, 5.74) is 1.94. The average molecular weight is 343 g/mol. The molecule has 134 valence electrons. The molecule has 6 nitrogen and oxygen atoms in total. The molecule has 0 spiro atoms. The van der Waals surface area contributed by atoms with E-state index in [0.29, 0.717) is 18.8 Å². The molecule has 1 aromatic carbocycles. The Labute approximate surface area is 148 Å². The maximum atomic E-state index is 12.6. The molecule has 0 saturated carbocycles. The molecule has 4 rings (SSSR count). The van der Waals surface area contributed by atoms with Crippen molar-refractivity contribution in [2.24, 2.45) is 5.92 Å². The molecule has 3 heterocycles. The lowest BCUT2D eigenvalue weighted by Gasteiger charge is -2.43. The van der Waals surface area contributed by atoms with Crippen LogP contribution in [0.2, 0.25) is 0 Å². The number of carbonyl (C=O) groups is 2. The Hall–Kier alpha value is -1.92. The van der Waals surface area contributed by atoms with E-state index in [2.05, 4.69) is 10.2 Å². The molecule has 3 aliphatic heterocycles. The Balaban J connectivity index is 1.29. The number of rotatable bonds is 4. The summed E-state index contributed by atoms with van der Waals surface area (Å²) >= 11 is 0. The quantitative estimate of drug-likeness (QED) is 0.895. The number of ether oxygens (including phenoxy) is 1. The highest BCUT2D eigenvalue weighted by atomic mass is 16.5. The van der Waals surface area contributed by atoms with Crippen molar-refractivity contribution in [3.63, 3.8) is 0 Å². The van der Waals surface area contributed by atoms with Crippen LogP contribution >= 0.6 is 0 Å². The van der Waals surface area contributed by atoms with Crippen molar-refractivity contribution in [3.05, 3.63) is 29.8 Å². The van der Waals surface area contributed by atoms with Gasteiger partial charge in [-0.3, -0.25) is 14.5 Å². The fourth-order valence-corrected chi connectivity index (χ4v) is 4.06. The fourth-order valence-electron chi connectivity index (χ4n) is 4.06. The Bertz CT molecular complexity index is 651. The summed E-state index contributed by atoms with van der Waals surface area (Å²) in [5, 5.41) is 2.89. The van der Waals surface area contributed by atoms with Gasteiger partial charge in [0.25, 0.3) is 0 Å². The van der Waals surface area contributed by atoms with Crippen LogP contribution in [0.3, 0.4) is 0 Å². The SMILES string of the molecule is O=C1CC(CC(=O)N2CC(CN3CCOCC3)C2)c2ccccc2N1. The van der Waals surface area contributed by atoms with Gasteiger partial charge in [0.1, 0.15) is 0 Å². The van der Waals surface area contributed by atoms with E-state index >= 15 is 0 Å². The highest BCUT2D eigenvalue weighted by Gasteiger charge is 2.34. The fraction of sp³-hybridized carbons (Fsp3) is 0.579. The molecular weight excluding hydrogens is 318 g/mol. The second-order valence-corrected chi connectivity index (χ2v) is 7.32. The van der Waals surface area contributed by atoms with E-state index < -0.39 is 0 Å². The second kappa shape index (κ2) is 7.14. The van der Waals surface area contributed by atoms with Gasteiger partial charge in [0, 0.05) is 63.1 Å². The lowest BCUT2D eigenvalue weighted by atomic mass is 9.87. The van der Waals surface area contributed by atoms with Crippen LogP contribution in [0.1, 0.15) is 24.3 Å². The second-order valence-electron chi connectivity index (χ2n) is 7.32. The molecule has 25 heavy (non-hydrogen) atoms. The van der Waals surface area contributed by atoms with Crippen LogP contribution in [-0.2, 0) is 14.3 Å². The minimum atomic E-state index is -0.00394. The molecule has 2 amide bonds. The van der Waals surface area contributed by atoms with Crippen LogP contribution in [-0.4, -0.2) is 67.6 Å². The molecule has 1 unspecified atom stereocenters. The van der Waals surface area contributed by atoms with Crippen molar-refractivity contribution in [1.82, 2.24) is 9.80 Å². The van der Waals surface area contributed by atoms with Crippen LogP contribution in [0.25, 0.3) is 0 Å². The van der Waals surface area contributed by atoms with Gasteiger partial charge in [-0.05, 0) is 11.6 Å². The van der Waals surface area contributed by atoms with E-state index in [1.807, 2.05) is 29.2 Å². The monoisotopic (exact) mass is 343 g/mol. The third-order valence-corrected chi connectivity index (χ3v) is 5.46. The number of likely N-dealkylation sites (tertiary alicyclic amines) is 1. The Morgan fingerprint density at radius 1 is 1.20 bits per heavy atom. The molecule has 0 bridgehead atoms. The summed E-state index contributed by atoms with van der Waals surface area (Å²) in [7, 11) is 0. The first-order valence-electron chi connectivity index (χ1n) is 9.15. The van der Waals surface area contributed by atoms with Gasteiger partial charge in [-0.1, -0.05) is 18.2 Å². The largest absolute Gasteiger partial charge is 0.379 e. The van der Waals surface area contributed by atoms with Crippen LogP contribution in [0.4, 0.5) is 5.69 Å². The third-order valence-electron chi connectivity index (χ3n) is 5.46. The molecule has 0 aromatic heterocycles. The zero-order valence-electron chi connectivity index (χ0n) is 14.4. The number of nitrogens with zero attached hydrogens (tertiary/aromatic N) is 2. The lowest BCUT2D eigenvalue weighted by Crippen LogP contribution is -2.55. The summed E-state index contributed by atoms with van der Waals surface area (Å²) < 4.78 is 5.38. The number of amides is 2. The predicted molar refractivity (Wildman–Crippen MR) is 94.4 cm³/mol. The molecule has 1 aromatic rings. The lowest BCUT2D eigenvalue weighted by molar-refractivity contribution is -0.138. The minimum absolute atomic E-state index is 0.00394. The third kappa shape index (κ3) is 3.70. The molecule has 3 aliphatic rings. The molecule has 0 aliphatic carbocycles. The van der Waals surface area contributed by atoms with Gasteiger partial charge in [-0.2, -0.15) is 0 Å². The summed E-state index contributed by atoms with van der Waals surface area (Å²) in [6.45, 7) is 6.38. The van der Waals surface area contributed by atoms with Crippen LogP contribution in [0.15, 0.2) is 24.3 Å². The highest BCUT2D eigenvalue weighted by Crippen LogP contribution is 2.35. The molecule has 1 atom stereocenters. The average Bonchev–Trinajstić information content (AvgIpc) is 2.58.